The molecule has 1 aliphatic rings. The van der Waals surface area contributed by atoms with Crippen molar-refractivity contribution in [1.82, 2.24) is 4.90 Å². The monoisotopic (exact) mass is 407 g/mol. The zero-order chi connectivity index (χ0) is 21.3. The first-order valence-corrected chi connectivity index (χ1v) is 11.3. The van der Waals surface area contributed by atoms with Gasteiger partial charge in [0.2, 0.25) is 0 Å². The van der Waals surface area contributed by atoms with Gasteiger partial charge in [-0.3, -0.25) is 9.89 Å². The van der Waals surface area contributed by atoms with Crippen molar-refractivity contribution < 1.29 is 4.74 Å². The smallest absolute Gasteiger partial charge is 0.119 e. The Bertz CT molecular complexity index is 838. The number of aryl methyl sites for hydroxylation is 2. The SMILES string of the molecule is CC/N=C\c1ccc(OCCCCN2CCN(c3cccc(C)c3C)CC2)cc1C. The van der Waals surface area contributed by atoms with E-state index in [4.69, 9.17) is 4.74 Å². The third-order valence-corrected chi connectivity index (χ3v) is 6.08. The molecule has 162 valence electrons. The summed E-state index contributed by atoms with van der Waals surface area (Å²) in [6, 6.07) is 12.9. The average Bonchev–Trinajstić information content (AvgIpc) is 2.75. The largest absolute Gasteiger partial charge is 0.494 e. The molecule has 0 spiro atoms. The number of ether oxygens (including phenoxy) is 1. The third-order valence-electron chi connectivity index (χ3n) is 6.08. The summed E-state index contributed by atoms with van der Waals surface area (Å²) < 4.78 is 5.96. The molecule has 2 aromatic carbocycles. The van der Waals surface area contributed by atoms with Crippen LogP contribution in [0.3, 0.4) is 0 Å². The normalized spacial score (nSPS) is 15.1. The van der Waals surface area contributed by atoms with Gasteiger partial charge in [0.05, 0.1) is 6.61 Å². The van der Waals surface area contributed by atoms with Gasteiger partial charge in [-0.05, 0) is 93.6 Å². The van der Waals surface area contributed by atoms with E-state index >= 15 is 0 Å². The van der Waals surface area contributed by atoms with E-state index in [0.717, 1.165) is 58.0 Å². The van der Waals surface area contributed by atoms with Crippen LogP contribution in [0.4, 0.5) is 5.69 Å². The van der Waals surface area contributed by atoms with Crippen molar-refractivity contribution in [1.29, 1.82) is 0 Å². The number of hydrogen-bond acceptors (Lipinski definition) is 4. The van der Waals surface area contributed by atoms with Crippen molar-refractivity contribution in [3.63, 3.8) is 0 Å². The molecule has 4 heteroatoms. The van der Waals surface area contributed by atoms with E-state index in [1.54, 1.807) is 0 Å². The topological polar surface area (TPSA) is 28.1 Å². The molecule has 0 bridgehead atoms. The molecule has 0 aliphatic carbocycles. The number of benzene rings is 2. The standard InChI is InChI=1S/C26H37N3O/c1-5-27-20-24-11-12-25(19-22(24)3)30-18-7-6-13-28-14-16-29(17-15-28)26-10-8-9-21(2)23(26)4/h8-12,19-20H,5-7,13-18H2,1-4H3/b27-20-. The second-order valence-electron chi connectivity index (χ2n) is 8.25. The van der Waals surface area contributed by atoms with Gasteiger partial charge >= 0.3 is 0 Å². The molecule has 1 fully saturated rings. The lowest BCUT2D eigenvalue weighted by atomic mass is 10.1. The van der Waals surface area contributed by atoms with Crippen LogP contribution in [0.15, 0.2) is 41.4 Å². The van der Waals surface area contributed by atoms with Crippen LogP contribution in [0.2, 0.25) is 0 Å². The first kappa shape index (κ1) is 22.4. The van der Waals surface area contributed by atoms with Gasteiger partial charge in [0.15, 0.2) is 0 Å². The molecule has 1 aliphatic heterocycles. The molecular weight excluding hydrogens is 370 g/mol. The van der Waals surface area contributed by atoms with E-state index in [-0.39, 0.29) is 0 Å². The van der Waals surface area contributed by atoms with Crippen LogP contribution in [0.1, 0.15) is 42.0 Å². The minimum Gasteiger partial charge on any atom is -0.494 e. The van der Waals surface area contributed by atoms with Crippen LogP contribution in [-0.2, 0) is 0 Å². The molecule has 30 heavy (non-hydrogen) atoms. The lowest BCUT2D eigenvalue weighted by molar-refractivity contribution is 0.238. The van der Waals surface area contributed by atoms with E-state index in [1.165, 1.54) is 34.4 Å². The molecule has 0 aromatic heterocycles. The van der Waals surface area contributed by atoms with Gasteiger partial charge in [-0.1, -0.05) is 12.1 Å². The summed E-state index contributed by atoms with van der Waals surface area (Å²) in [6.07, 6.45) is 4.22. The molecule has 1 saturated heterocycles. The van der Waals surface area contributed by atoms with E-state index in [1.807, 2.05) is 13.1 Å². The Labute approximate surface area is 182 Å². The summed E-state index contributed by atoms with van der Waals surface area (Å²) in [7, 11) is 0. The Balaban J connectivity index is 1.34. The highest BCUT2D eigenvalue weighted by molar-refractivity contribution is 5.81. The fraction of sp³-hybridized carbons (Fsp3) is 0.500. The Morgan fingerprint density at radius 1 is 0.967 bits per heavy atom. The van der Waals surface area contributed by atoms with Gasteiger partial charge in [-0.15, -0.1) is 0 Å². The van der Waals surface area contributed by atoms with Crippen molar-refractivity contribution in [3.8, 4) is 5.75 Å². The number of unbranched alkanes of at least 4 members (excludes halogenated alkanes) is 1. The van der Waals surface area contributed by atoms with Crippen LogP contribution in [0.25, 0.3) is 0 Å². The summed E-state index contributed by atoms with van der Waals surface area (Å²) >= 11 is 0. The third kappa shape index (κ3) is 6.09. The second kappa shape index (κ2) is 11.2. The molecule has 0 radical (unpaired) electrons. The van der Waals surface area contributed by atoms with E-state index < -0.39 is 0 Å². The highest BCUT2D eigenvalue weighted by atomic mass is 16.5. The van der Waals surface area contributed by atoms with Crippen LogP contribution in [0.5, 0.6) is 5.75 Å². The van der Waals surface area contributed by atoms with Crippen molar-refractivity contribution >= 4 is 11.9 Å². The maximum atomic E-state index is 5.96. The van der Waals surface area contributed by atoms with Gasteiger partial charge in [-0.2, -0.15) is 0 Å². The summed E-state index contributed by atoms with van der Waals surface area (Å²) in [5.41, 5.74) is 6.60. The molecule has 1 heterocycles. The Hall–Kier alpha value is -2.33. The van der Waals surface area contributed by atoms with Gasteiger partial charge in [-0.25, -0.2) is 0 Å². The highest BCUT2D eigenvalue weighted by Crippen LogP contribution is 2.24. The van der Waals surface area contributed by atoms with Gasteiger partial charge in [0.25, 0.3) is 0 Å². The lowest BCUT2D eigenvalue weighted by Gasteiger charge is -2.37. The fourth-order valence-electron chi connectivity index (χ4n) is 3.99. The van der Waals surface area contributed by atoms with Crippen molar-refractivity contribution in [3.05, 3.63) is 58.7 Å². The molecule has 3 rings (SSSR count). The Morgan fingerprint density at radius 3 is 2.50 bits per heavy atom. The van der Waals surface area contributed by atoms with Crippen molar-refractivity contribution in [2.24, 2.45) is 4.99 Å². The zero-order valence-corrected chi connectivity index (χ0v) is 19.2. The van der Waals surface area contributed by atoms with Gasteiger partial charge < -0.3 is 9.64 Å². The summed E-state index contributed by atoms with van der Waals surface area (Å²) in [5, 5.41) is 0. The van der Waals surface area contributed by atoms with E-state index in [9.17, 15) is 0 Å². The fourth-order valence-corrected chi connectivity index (χ4v) is 3.99. The Morgan fingerprint density at radius 2 is 1.77 bits per heavy atom. The highest BCUT2D eigenvalue weighted by Gasteiger charge is 2.18. The molecule has 0 N–H and O–H groups in total. The molecule has 2 aromatic rings. The van der Waals surface area contributed by atoms with Crippen LogP contribution >= 0.6 is 0 Å². The minimum absolute atomic E-state index is 0.782. The molecule has 0 amide bonds. The van der Waals surface area contributed by atoms with Crippen LogP contribution in [-0.4, -0.2) is 57.0 Å². The minimum atomic E-state index is 0.782. The average molecular weight is 408 g/mol. The lowest BCUT2D eigenvalue weighted by Crippen LogP contribution is -2.46. The molecule has 0 saturated carbocycles. The van der Waals surface area contributed by atoms with E-state index in [2.05, 4.69) is 72.0 Å². The number of nitrogens with zero attached hydrogens (tertiary/aromatic N) is 3. The quantitative estimate of drug-likeness (QED) is 0.431. The van der Waals surface area contributed by atoms with Gasteiger partial charge in [0.1, 0.15) is 5.75 Å². The van der Waals surface area contributed by atoms with Crippen LogP contribution in [0, 0.1) is 20.8 Å². The molecular formula is C26H37N3O. The molecule has 0 atom stereocenters. The number of hydrogen-bond donors (Lipinski definition) is 0. The van der Waals surface area contributed by atoms with Crippen molar-refractivity contribution in [2.45, 2.75) is 40.5 Å². The predicted molar refractivity (Wildman–Crippen MR) is 129 cm³/mol. The first-order chi connectivity index (χ1) is 14.6. The maximum Gasteiger partial charge on any atom is 0.119 e. The van der Waals surface area contributed by atoms with Gasteiger partial charge in [0, 0.05) is 44.6 Å². The Kier molecular flexibility index (Phi) is 8.32. The number of piperazine rings is 1. The van der Waals surface area contributed by atoms with Crippen molar-refractivity contribution in [2.75, 3.05) is 50.8 Å². The molecule has 4 nitrogen and oxygen atoms in total. The zero-order valence-electron chi connectivity index (χ0n) is 19.2. The van der Waals surface area contributed by atoms with Crippen LogP contribution < -0.4 is 9.64 Å². The summed E-state index contributed by atoms with van der Waals surface area (Å²) in [4.78, 5) is 9.45. The number of aliphatic imine (C=N–C) groups is 1. The molecule has 0 unspecified atom stereocenters. The summed E-state index contributed by atoms with van der Waals surface area (Å²) in [5.74, 6) is 0.961. The van der Waals surface area contributed by atoms with E-state index in [0.29, 0.717) is 0 Å². The predicted octanol–water partition coefficient (Wildman–Crippen LogP) is 5.03. The summed E-state index contributed by atoms with van der Waals surface area (Å²) in [6.45, 7) is 15.9. The first-order valence-electron chi connectivity index (χ1n) is 11.3. The number of rotatable bonds is 9. The second-order valence-corrected chi connectivity index (χ2v) is 8.25. The number of anilines is 1. The maximum absolute atomic E-state index is 5.96.